The Hall–Kier alpha value is -0.990. The SMILES string of the molecule is NS(=O)(=O)c1cc(F)cc(C(=O)N2CC3CCC2C3)c1Br. The van der Waals surface area contributed by atoms with Crippen LogP contribution in [0.3, 0.4) is 0 Å². The van der Waals surface area contributed by atoms with E-state index >= 15 is 0 Å². The molecule has 2 N–H and O–H groups in total. The molecule has 21 heavy (non-hydrogen) atoms. The molecule has 0 aromatic heterocycles. The highest BCUT2D eigenvalue weighted by Gasteiger charge is 2.41. The highest BCUT2D eigenvalue weighted by molar-refractivity contribution is 9.10. The van der Waals surface area contributed by atoms with Crippen LogP contribution < -0.4 is 5.14 Å². The molecule has 1 heterocycles. The summed E-state index contributed by atoms with van der Waals surface area (Å²) in [5, 5.41) is 5.06. The Morgan fingerprint density at radius 1 is 1.38 bits per heavy atom. The van der Waals surface area contributed by atoms with E-state index in [1.807, 2.05) is 0 Å². The zero-order valence-electron chi connectivity index (χ0n) is 11.1. The fraction of sp³-hybridized carbons (Fsp3) is 0.462. The van der Waals surface area contributed by atoms with Crippen molar-refractivity contribution in [2.75, 3.05) is 6.54 Å². The predicted molar refractivity (Wildman–Crippen MR) is 77.6 cm³/mol. The molecule has 0 spiro atoms. The highest BCUT2D eigenvalue weighted by atomic mass is 79.9. The summed E-state index contributed by atoms with van der Waals surface area (Å²) in [6.07, 6.45) is 3.04. The smallest absolute Gasteiger partial charge is 0.255 e. The molecule has 2 fully saturated rings. The number of benzene rings is 1. The van der Waals surface area contributed by atoms with Crippen LogP contribution in [0.2, 0.25) is 0 Å². The Balaban J connectivity index is 2.03. The van der Waals surface area contributed by atoms with Crippen molar-refractivity contribution in [1.82, 2.24) is 4.90 Å². The Kier molecular flexibility index (Phi) is 3.58. The van der Waals surface area contributed by atoms with Crippen molar-refractivity contribution in [1.29, 1.82) is 0 Å². The standard InChI is InChI=1S/C13H14BrFN2O3S/c14-12-10(4-8(15)5-11(12)21(16,19)20)13(18)17-6-7-1-2-9(17)3-7/h4-5,7,9H,1-3,6H2,(H2,16,19,20). The van der Waals surface area contributed by atoms with E-state index in [4.69, 9.17) is 5.14 Å². The first kappa shape index (κ1) is 14.9. The maximum absolute atomic E-state index is 13.7. The summed E-state index contributed by atoms with van der Waals surface area (Å²) in [5.74, 6) is -0.641. The van der Waals surface area contributed by atoms with Crippen LogP contribution in [0.15, 0.2) is 21.5 Å². The molecule has 3 rings (SSSR count). The van der Waals surface area contributed by atoms with E-state index in [0.29, 0.717) is 12.5 Å². The normalized spacial score (nSPS) is 24.6. The average molecular weight is 377 g/mol. The number of amides is 1. The van der Waals surface area contributed by atoms with E-state index in [1.54, 1.807) is 4.90 Å². The van der Waals surface area contributed by atoms with E-state index in [9.17, 15) is 17.6 Å². The predicted octanol–water partition coefficient (Wildman–Crippen LogP) is 1.86. The molecule has 2 unspecified atom stereocenters. The minimum atomic E-state index is -4.10. The topological polar surface area (TPSA) is 80.5 Å². The van der Waals surface area contributed by atoms with E-state index in [1.165, 1.54) is 0 Å². The molecule has 5 nitrogen and oxygen atoms in total. The Bertz CT molecular complexity index is 722. The van der Waals surface area contributed by atoms with Crippen molar-refractivity contribution in [2.45, 2.75) is 30.2 Å². The number of carbonyl (C=O) groups is 1. The number of nitrogens with two attached hydrogens (primary N) is 1. The lowest BCUT2D eigenvalue weighted by Gasteiger charge is -2.27. The summed E-state index contributed by atoms with van der Waals surface area (Å²) >= 11 is 3.08. The fourth-order valence-electron chi connectivity index (χ4n) is 3.26. The molecule has 1 aromatic rings. The third kappa shape index (κ3) is 2.60. The lowest BCUT2D eigenvalue weighted by molar-refractivity contribution is 0.0702. The highest BCUT2D eigenvalue weighted by Crippen LogP contribution is 2.39. The van der Waals surface area contributed by atoms with Gasteiger partial charge in [-0.05, 0) is 53.2 Å². The van der Waals surface area contributed by atoms with Gasteiger partial charge in [-0.1, -0.05) is 0 Å². The van der Waals surface area contributed by atoms with Crippen LogP contribution in [-0.2, 0) is 10.0 Å². The first-order valence-corrected chi connectivity index (χ1v) is 8.94. The zero-order chi connectivity index (χ0) is 15.4. The first-order valence-electron chi connectivity index (χ1n) is 6.60. The summed E-state index contributed by atoms with van der Waals surface area (Å²) in [6, 6.07) is 2.04. The van der Waals surface area contributed by atoms with Gasteiger partial charge in [-0.3, -0.25) is 4.79 Å². The molecule has 0 radical (unpaired) electrons. The summed E-state index contributed by atoms with van der Waals surface area (Å²) in [7, 11) is -4.10. The lowest BCUT2D eigenvalue weighted by atomic mass is 10.1. The molecule has 2 atom stereocenters. The Morgan fingerprint density at radius 2 is 2.10 bits per heavy atom. The van der Waals surface area contributed by atoms with Crippen LogP contribution >= 0.6 is 15.9 Å². The van der Waals surface area contributed by atoms with Gasteiger partial charge in [0.25, 0.3) is 5.91 Å². The molecule has 2 bridgehead atoms. The van der Waals surface area contributed by atoms with E-state index < -0.39 is 20.7 Å². The minimum Gasteiger partial charge on any atom is -0.335 e. The van der Waals surface area contributed by atoms with Gasteiger partial charge in [0.15, 0.2) is 0 Å². The number of halogens is 2. The third-order valence-electron chi connectivity index (χ3n) is 4.21. The average Bonchev–Trinajstić information content (AvgIpc) is 3.01. The summed E-state index contributed by atoms with van der Waals surface area (Å²) in [5.41, 5.74) is 0.00609. The van der Waals surface area contributed by atoms with Crippen molar-refractivity contribution in [2.24, 2.45) is 11.1 Å². The second-order valence-electron chi connectivity index (χ2n) is 5.60. The number of sulfonamides is 1. The first-order chi connectivity index (χ1) is 9.77. The van der Waals surface area contributed by atoms with Crippen LogP contribution in [-0.4, -0.2) is 31.8 Å². The molecule has 1 aliphatic carbocycles. The van der Waals surface area contributed by atoms with Crippen LogP contribution in [0, 0.1) is 11.7 Å². The number of rotatable bonds is 2. The molecule has 1 saturated carbocycles. The van der Waals surface area contributed by atoms with Gasteiger partial charge in [-0.2, -0.15) is 0 Å². The van der Waals surface area contributed by atoms with Crippen molar-refractivity contribution >= 4 is 31.9 Å². The molecular weight excluding hydrogens is 363 g/mol. The van der Waals surface area contributed by atoms with Gasteiger partial charge in [-0.15, -0.1) is 0 Å². The van der Waals surface area contributed by atoms with Crippen LogP contribution in [0.4, 0.5) is 4.39 Å². The Labute approximate surface area is 130 Å². The lowest BCUT2D eigenvalue weighted by Crippen LogP contribution is -2.38. The van der Waals surface area contributed by atoms with Gasteiger partial charge in [0.05, 0.1) is 14.9 Å². The van der Waals surface area contributed by atoms with Gasteiger partial charge >= 0.3 is 0 Å². The Morgan fingerprint density at radius 3 is 2.62 bits per heavy atom. The van der Waals surface area contributed by atoms with Gasteiger partial charge in [0.2, 0.25) is 10.0 Å². The second-order valence-corrected chi connectivity index (χ2v) is 7.92. The monoisotopic (exact) mass is 376 g/mol. The summed E-state index contributed by atoms with van der Waals surface area (Å²) < 4.78 is 36.7. The third-order valence-corrected chi connectivity index (χ3v) is 6.26. The molecule has 2 aliphatic rings. The van der Waals surface area contributed by atoms with Crippen molar-refractivity contribution in [3.8, 4) is 0 Å². The van der Waals surface area contributed by atoms with Gasteiger partial charge in [-0.25, -0.2) is 17.9 Å². The number of fused-ring (bicyclic) bond motifs is 2. The number of carbonyl (C=O) groups excluding carboxylic acids is 1. The molecule has 1 aromatic carbocycles. The molecule has 8 heteroatoms. The molecule has 1 amide bonds. The van der Waals surface area contributed by atoms with Crippen LogP contribution in [0.1, 0.15) is 29.6 Å². The van der Waals surface area contributed by atoms with E-state index in [2.05, 4.69) is 15.9 Å². The quantitative estimate of drug-likeness (QED) is 0.855. The minimum absolute atomic E-state index is 0.00609. The van der Waals surface area contributed by atoms with Crippen molar-refractivity contribution in [3.05, 3.63) is 28.0 Å². The number of primary sulfonamides is 1. The number of hydrogen-bond donors (Lipinski definition) is 1. The van der Waals surface area contributed by atoms with Crippen LogP contribution in [0.25, 0.3) is 0 Å². The number of hydrogen-bond acceptors (Lipinski definition) is 3. The fourth-order valence-corrected chi connectivity index (χ4v) is 4.97. The van der Waals surface area contributed by atoms with Gasteiger partial charge in [0, 0.05) is 12.6 Å². The largest absolute Gasteiger partial charge is 0.335 e. The molecular formula is C13H14BrFN2O3S. The summed E-state index contributed by atoms with van der Waals surface area (Å²) in [4.78, 5) is 13.9. The van der Waals surface area contributed by atoms with E-state index in [-0.39, 0.29) is 22.0 Å². The zero-order valence-corrected chi connectivity index (χ0v) is 13.5. The molecule has 114 valence electrons. The number of nitrogens with zero attached hydrogens (tertiary/aromatic N) is 1. The molecule has 1 saturated heterocycles. The summed E-state index contributed by atoms with van der Waals surface area (Å²) in [6.45, 7) is 0.650. The molecule has 1 aliphatic heterocycles. The maximum atomic E-state index is 13.7. The maximum Gasteiger partial charge on any atom is 0.255 e. The van der Waals surface area contributed by atoms with Gasteiger partial charge in [0.1, 0.15) is 5.82 Å². The van der Waals surface area contributed by atoms with Crippen molar-refractivity contribution < 1.29 is 17.6 Å². The van der Waals surface area contributed by atoms with Crippen LogP contribution in [0.5, 0.6) is 0 Å². The second kappa shape index (κ2) is 5.03. The van der Waals surface area contributed by atoms with Gasteiger partial charge < -0.3 is 4.90 Å². The van der Waals surface area contributed by atoms with Crippen molar-refractivity contribution in [3.63, 3.8) is 0 Å². The number of likely N-dealkylation sites (tertiary alicyclic amines) is 1. The van der Waals surface area contributed by atoms with E-state index in [0.717, 1.165) is 31.4 Å². The number of piperidine rings is 1.